The molecule has 1 fully saturated rings. The van der Waals surface area contributed by atoms with Crippen LogP contribution in [-0.4, -0.2) is 29.0 Å². The summed E-state index contributed by atoms with van der Waals surface area (Å²) in [5.74, 6) is -2.82. The number of rotatable bonds is 4. The highest BCUT2D eigenvalue weighted by Crippen LogP contribution is 2.42. The Labute approximate surface area is 214 Å². The normalized spacial score (nSPS) is 17.1. The first kappa shape index (κ1) is 23.8. The van der Waals surface area contributed by atoms with Gasteiger partial charge in [-0.05, 0) is 29.8 Å². The molecule has 0 bridgehead atoms. The van der Waals surface area contributed by atoms with Crippen LogP contribution >= 0.6 is 11.8 Å². The molecule has 2 aliphatic heterocycles. The maximum atomic E-state index is 15.0. The molecule has 0 spiro atoms. The third-order valence-corrected chi connectivity index (χ3v) is 8.12. The van der Waals surface area contributed by atoms with E-state index in [1.54, 1.807) is 11.8 Å². The largest absolute Gasteiger partial charge is 0.493 e. The zero-order valence-corrected chi connectivity index (χ0v) is 20.2. The highest BCUT2D eigenvalue weighted by molar-refractivity contribution is 8.00. The van der Waals surface area contributed by atoms with Gasteiger partial charge >= 0.3 is 0 Å². The molecule has 2 aliphatic rings. The Kier molecular flexibility index (Phi) is 6.03. The summed E-state index contributed by atoms with van der Waals surface area (Å²) in [6, 6.07) is 11.0. The van der Waals surface area contributed by atoms with Gasteiger partial charge in [-0.25, -0.2) is 17.6 Å². The molecule has 9 heteroatoms. The van der Waals surface area contributed by atoms with E-state index < -0.39 is 28.8 Å². The molecule has 6 rings (SSSR count). The summed E-state index contributed by atoms with van der Waals surface area (Å²) in [5.41, 5.74) is 1.03. The second kappa shape index (κ2) is 9.37. The Morgan fingerprint density at radius 2 is 1.84 bits per heavy atom. The Hall–Kier alpha value is -3.59. The molecule has 1 atom stereocenters. The van der Waals surface area contributed by atoms with Crippen LogP contribution in [0.25, 0.3) is 22.0 Å². The zero-order valence-electron chi connectivity index (χ0n) is 19.4. The number of aromatic nitrogens is 1. The van der Waals surface area contributed by atoms with E-state index in [1.165, 1.54) is 12.3 Å². The standard InChI is InChI=1S/C28H20F4N2O2S/c29-15-9-18(26(32)21(31)10-15)25-20(30)6-5-17-24(14-12-37-13-14)19(11-33-27(17)25)28(35)34-22-7-8-36-23-4-2-1-3-16(22)23/h1-6,9-11,14,22H,7-8,12-13H2,(H,34,35). The number of pyridine rings is 1. The van der Waals surface area contributed by atoms with Crippen molar-refractivity contribution in [1.82, 2.24) is 10.3 Å². The van der Waals surface area contributed by atoms with E-state index in [0.29, 0.717) is 35.6 Å². The Morgan fingerprint density at radius 3 is 2.62 bits per heavy atom. The molecule has 1 amide bonds. The fourth-order valence-electron chi connectivity index (χ4n) is 5.01. The zero-order chi connectivity index (χ0) is 25.7. The van der Waals surface area contributed by atoms with E-state index in [9.17, 15) is 18.0 Å². The number of benzene rings is 3. The Bertz CT molecular complexity index is 1560. The topological polar surface area (TPSA) is 51.2 Å². The predicted octanol–water partition coefficient (Wildman–Crippen LogP) is 6.54. The Balaban J connectivity index is 1.48. The number of carbonyl (C=O) groups excluding carboxylic acids is 1. The van der Waals surface area contributed by atoms with Crippen molar-refractivity contribution < 1.29 is 27.1 Å². The molecule has 3 aromatic carbocycles. The highest BCUT2D eigenvalue weighted by atomic mass is 32.2. The number of ether oxygens (including phenoxy) is 1. The van der Waals surface area contributed by atoms with Gasteiger partial charge in [0.15, 0.2) is 11.6 Å². The number of thioether (sulfide) groups is 1. The van der Waals surface area contributed by atoms with E-state index in [2.05, 4.69) is 10.3 Å². The van der Waals surface area contributed by atoms with Gasteiger partial charge in [0.1, 0.15) is 17.4 Å². The van der Waals surface area contributed by atoms with Crippen molar-refractivity contribution in [3.63, 3.8) is 0 Å². The van der Waals surface area contributed by atoms with Crippen molar-refractivity contribution in [3.8, 4) is 16.9 Å². The lowest BCUT2D eigenvalue weighted by Crippen LogP contribution is -2.33. The van der Waals surface area contributed by atoms with Crippen molar-refractivity contribution in [2.45, 2.75) is 18.4 Å². The summed E-state index contributed by atoms with van der Waals surface area (Å²) in [6.07, 6.45) is 1.94. The molecule has 1 aromatic heterocycles. The summed E-state index contributed by atoms with van der Waals surface area (Å²) < 4.78 is 63.4. The van der Waals surface area contributed by atoms with Gasteiger partial charge in [-0.3, -0.25) is 9.78 Å². The molecule has 37 heavy (non-hydrogen) atoms. The molecule has 0 radical (unpaired) electrons. The molecule has 1 saturated heterocycles. The number of nitrogens with zero attached hydrogens (tertiary/aromatic N) is 1. The maximum Gasteiger partial charge on any atom is 0.253 e. The molecule has 3 heterocycles. The average molecular weight is 525 g/mol. The first-order valence-corrected chi connectivity index (χ1v) is 12.9. The van der Waals surface area contributed by atoms with E-state index in [-0.39, 0.29) is 28.9 Å². The van der Waals surface area contributed by atoms with Crippen LogP contribution < -0.4 is 10.1 Å². The van der Waals surface area contributed by atoms with Gasteiger partial charge in [-0.2, -0.15) is 11.8 Å². The van der Waals surface area contributed by atoms with Gasteiger partial charge in [-0.1, -0.05) is 18.2 Å². The number of fused-ring (bicyclic) bond motifs is 2. The van der Waals surface area contributed by atoms with Crippen LogP contribution in [0.5, 0.6) is 5.75 Å². The van der Waals surface area contributed by atoms with Gasteiger partial charge in [0.05, 0.1) is 23.7 Å². The molecule has 0 saturated carbocycles. The van der Waals surface area contributed by atoms with E-state index in [4.69, 9.17) is 4.74 Å². The number of halogens is 4. The lowest BCUT2D eigenvalue weighted by molar-refractivity contribution is 0.0923. The first-order chi connectivity index (χ1) is 17.9. The minimum Gasteiger partial charge on any atom is -0.493 e. The van der Waals surface area contributed by atoms with Gasteiger partial charge in [0.2, 0.25) is 0 Å². The Morgan fingerprint density at radius 1 is 1.03 bits per heavy atom. The third kappa shape index (κ3) is 4.11. The lowest BCUT2D eigenvalue weighted by Gasteiger charge is -2.30. The quantitative estimate of drug-likeness (QED) is 0.243. The fourth-order valence-corrected chi connectivity index (χ4v) is 5.81. The summed E-state index contributed by atoms with van der Waals surface area (Å²) in [7, 11) is 0. The monoisotopic (exact) mass is 524 g/mol. The van der Waals surface area contributed by atoms with Crippen molar-refractivity contribution in [2.75, 3.05) is 18.1 Å². The number of nitrogens with one attached hydrogen (secondary N) is 1. The number of amides is 1. The SMILES string of the molecule is O=C(NC1CCOc2ccccc21)c1cnc2c(-c3cc(F)cc(F)c3F)c(F)ccc2c1C1CSC1. The molecule has 0 aliphatic carbocycles. The second-order valence-corrected chi connectivity index (χ2v) is 10.2. The van der Waals surface area contributed by atoms with Gasteiger partial charge in [-0.15, -0.1) is 0 Å². The molecule has 1 N–H and O–H groups in total. The van der Waals surface area contributed by atoms with Crippen molar-refractivity contribution >= 4 is 28.6 Å². The van der Waals surface area contributed by atoms with Crippen molar-refractivity contribution in [1.29, 1.82) is 0 Å². The predicted molar refractivity (Wildman–Crippen MR) is 134 cm³/mol. The van der Waals surface area contributed by atoms with Crippen LogP contribution in [0.1, 0.15) is 39.9 Å². The van der Waals surface area contributed by atoms with Crippen molar-refractivity contribution in [3.05, 3.63) is 94.7 Å². The van der Waals surface area contributed by atoms with E-state index in [1.807, 2.05) is 24.3 Å². The van der Waals surface area contributed by atoms with Crippen LogP contribution in [0.4, 0.5) is 17.6 Å². The van der Waals surface area contributed by atoms with Crippen LogP contribution in [-0.2, 0) is 0 Å². The third-order valence-electron chi connectivity index (χ3n) is 6.85. The van der Waals surface area contributed by atoms with Gasteiger partial charge < -0.3 is 10.1 Å². The second-order valence-electron chi connectivity index (χ2n) is 9.09. The summed E-state index contributed by atoms with van der Waals surface area (Å²) in [5, 5.41) is 3.53. The van der Waals surface area contributed by atoms with Crippen LogP contribution in [0.3, 0.4) is 0 Å². The summed E-state index contributed by atoms with van der Waals surface area (Å²) in [4.78, 5) is 17.9. The van der Waals surface area contributed by atoms with Crippen molar-refractivity contribution in [2.24, 2.45) is 0 Å². The molecule has 4 aromatic rings. The minimum absolute atomic E-state index is 0.00868. The molecular formula is C28H20F4N2O2S. The number of hydrogen-bond donors (Lipinski definition) is 1. The molecule has 1 unspecified atom stereocenters. The van der Waals surface area contributed by atoms with E-state index in [0.717, 1.165) is 35.0 Å². The molecule has 4 nitrogen and oxygen atoms in total. The maximum absolute atomic E-state index is 15.0. The smallest absolute Gasteiger partial charge is 0.253 e. The molecule has 188 valence electrons. The van der Waals surface area contributed by atoms with Crippen LogP contribution in [0.2, 0.25) is 0 Å². The molecular weight excluding hydrogens is 504 g/mol. The van der Waals surface area contributed by atoms with Gasteiger partial charge in [0, 0.05) is 58.2 Å². The van der Waals surface area contributed by atoms with Crippen LogP contribution in [0, 0.1) is 23.3 Å². The fraction of sp³-hybridized carbons (Fsp3) is 0.214. The van der Waals surface area contributed by atoms with E-state index >= 15 is 4.39 Å². The average Bonchev–Trinajstić information content (AvgIpc) is 2.85. The number of hydrogen-bond acceptors (Lipinski definition) is 4. The highest BCUT2D eigenvalue weighted by Gasteiger charge is 2.31. The number of para-hydroxylation sites is 1. The van der Waals surface area contributed by atoms with Crippen LogP contribution in [0.15, 0.2) is 54.7 Å². The first-order valence-electron chi connectivity index (χ1n) is 11.8. The lowest BCUT2D eigenvalue weighted by atomic mass is 9.90. The summed E-state index contributed by atoms with van der Waals surface area (Å²) in [6.45, 7) is 0.461. The summed E-state index contributed by atoms with van der Waals surface area (Å²) >= 11 is 1.70. The number of carbonyl (C=O) groups is 1. The van der Waals surface area contributed by atoms with Gasteiger partial charge in [0.25, 0.3) is 5.91 Å². The minimum atomic E-state index is -1.42.